The van der Waals surface area contributed by atoms with Crippen LogP contribution in [0, 0.1) is 0 Å². The van der Waals surface area contributed by atoms with Crippen LogP contribution in [0.3, 0.4) is 0 Å². The van der Waals surface area contributed by atoms with Crippen LogP contribution in [0.1, 0.15) is 52.9 Å². The molecular weight excluding hydrogens is 204 g/mol. The van der Waals surface area contributed by atoms with E-state index in [0.29, 0.717) is 0 Å². The summed E-state index contributed by atoms with van der Waals surface area (Å²) in [7, 11) is -1.63. The first kappa shape index (κ1) is 13.2. The van der Waals surface area contributed by atoms with Crippen LogP contribution in [0.2, 0.25) is 18.1 Å². The highest BCUT2D eigenvalue weighted by molar-refractivity contribution is 6.73. The van der Waals surface area contributed by atoms with Crippen LogP contribution in [0.4, 0.5) is 0 Å². The van der Waals surface area contributed by atoms with Gasteiger partial charge in [-0.3, -0.25) is 0 Å². The molecule has 15 heavy (non-hydrogen) atoms. The number of rotatable bonds is 5. The Morgan fingerprint density at radius 2 is 1.47 bits per heavy atom. The van der Waals surface area contributed by atoms with E-state index >= 15 is 0 Å². The molecule has 0 aromatic heterocycles. The van der Waals surface area contributed by atoms with Gasteiger partial charge < -0.3 is 9.53 Å². The lowest BCUT2D eigenvalue weighted by molar-refractivity contribution is -0.166. The Morgan fingerprint density at radius 1 is 1.00 bits per heavy atom. The summed E-state index contributed by atoms with van der Waals surface area (Å²) < 4.78 is 6.21. The fourth-order valence-corrected chi connectivity index (χ4v) is 5.52. The summed E-state index contributed by atoms with van der Waals surface area (Å²) in [6.07, 6.45) is 5.20. The predicted molar refractivity (Wildman–Crippen MR) is 66.3 cm³/mol. The molecule has 0 aromatic rings. The Balaban J connectivity index is 2.63. The highest BCUT2D eigenvalue weighted by Gasteiger charge is 2.40. The van der Waals surface area contributed by atoms with E-state index in [2.05, 4.69) is 20.8 Å². The highest BCUT2D eigenvalue weighted by Crippen LogP contribution is 2.35. The number of aliphatic hydroxyl groups is 1. The summed E-state index contributed by atoms with van der Waals surface area (Å²) in [6, 6.07) is 3.38. The van der Waals surface area contributed by atoms with Gasteiger partial charge in [-0.2, -0.15) is 0 Å². The van der Waals surface area contributed by atoms with Crippen molar-refractivity contribution in [3.05, 3.63) is 0 Å². The van der Waals surface area contributed by atoms with E-state index in [1.54, 1.807) is 0 Å². The fourth-order valence-electron chi connectivity index (χ4n) is 2.58. The van der Waals surface area contributed by atoms with Gasteiger partial charge in [0.2, 0.25) is 0 Å². The SMILES string of the molecule is CC[Si](CC)(CC)OC1(O)CCCCC1. The molecule has 0 unspecified atom stereocenters. The molecule has 1 N–H and O–H groups in total. The average Bonchev–Trinajstić information content (AvgIpc) is 2.27. The monoisotopic (exact) mass is 230 g/mol. The molecule has 1 aliphatic carbocycles. The van der Waals surface area contributed by atoms with Crippen LogP contribution >= 0.6 is 0 Å². The van der Waals surface area contributed by atoms with E-state index in [1.807, 2.05) is 0 Å². The Hall–Kier alpha value is 0.137. The normalized spacial score (nSPS) is 21.6. The third-order valence-corrected chi connectivity index (χ3v) is 8.65. The van der Waals surface area contributed by atoms with Crippen LogP contribution in [-0.2, 0) is 4.43 Å². The van der Waals surface area contributed by atoms with Gasteiger partial charge in [0.1, 0.15) is 0 Å². The van der Waals surface area contributed by atoms with Gasteiger partial charge in [0, 0.05) is 12.8 Å². The van der Waals surface area contributed by atoms with Gasteiger partial charge in [0.05, 0.1) is 0 Å². The molecule has 2 nitrogen and oxygen atoms in total. The first-order valence-corrected chi connectivity index (χ1v) is 9.05. The van der Waals surface area contributed by atoms with Gasteiger partial charge in [-0.15, -0.1) is 0 Å². The number of hydrogen-bond donors (Lipinski definition) is 1. The smallest absolute Gasteiger partial charge is 0.195 e. The van der Waals surface area contributed by atoms with E-state index in [-0.39, 0.29) is 0 Å². The highest BCUT2D eigenvalue weighted by atomic mass is 28.4. The first-order chi connectivity index (χ1) is 7.10. The van der Waals surface area contributed by atoms with Gasteiger partial charge in [0.25, 0.3) is 0 Å². The maximum Gasteiger partial charge on any atom is 0.195 e. The molecule has 0 heterocycles. The van der Waals surface area contributed by atoms with Gasteiger partial charge in [-0.25, -0.2) is 0 Å². The van der Waals surface area contributed by atoms with Crippen LogP contribution in [0.5, 0.6) is 0 Å². The lowest BCUT2D eigenvalue weighted by Gasteiger charge is -2.41. The van der Waals surface area contributed by atoms with Crippen molar-refractivity contribution in [3.63, 3.8) is 0 Å². The zero-order valence-corrected chi connectivity index (χ0v) is 11.5. The molecule has 0 aromatic carbocycles. The van der Waals surface area contributed by atoms with Crippen LogP contribution in [0.25, 0.3) is 0 Å². The molecule has 0 amide bonds. The maximum atomic E-state index is 10.4. The summed E-state index contributed by atoms with van der Waals surface area (Å²) in [6.45, 7) is 6.64. The molecule has 1 saturated carbocycles. The van der Waals surface area contributed by atoms with Crippen LogP contribution in [0.15, 0.2) is 0 Å². The fraction of sp³-hybridized carbons (Fsp3) is 1.00. The van der Waals surface area contributed by atoms with Gasteiger partial charge in [-0.1, -0.05) is 27.2 Å². The maximum absolute atomic E-state index is 10.4. The Kier molecular flexibility index (Phi) is 4.81. The molecule has 3 heteroatoms. The molecule has 1 fully saturated rings. The summed E-state index contributed by atoms with van der Waals surface area (Å²) in [5.74, 6) is -0.771. The minimum Gasteiger partial charge on any atom is -0.390 e. The molecular formula is C12H26O2Si. The molecule has 0 saturated heterocycles. The minimum atomic E-state index is -1.63. The van der Waals surface area contributed by atoms with E-state index in [1.165, 1.54) is 6.42 Å². The van der Waals surface area contributed by atoms with Crippen LogP contribution < -0.4 is 0 Å². The summed E-state index contributed by atoms with van der Waals surface area (Å²) in [5.41, 5.74) is 0. The molecule has 0 bridgehead atoms. The lowest BCUT2D eigenvalue weighted by Crippen LogP contribution is -2.48. The Labute approximate surface area is 95.2 Å². The van der Waals surface area contributed by atoms with Gasteiger partial charge >= 0.3 is 0 Å². The van der Waals surface area contributed by atoms with Crippen molar-refractivity contribution in [2.45, 2.75) is 76.8 Å². The average molecular weight is 230 g/mol. The molecule has 1 rings (SSSR count). The van der Waals surface area contributed by atoms with Crippen molar-refractivity contribution in [3.8, 4) is 0 Å². The van der Waals surface area contributed by atoms with Gasteiger partial charge in [0.15, 0.2) is 14.1 Å². The molecule has 0 spiro atoms. The van der Waals surface area contributed by atoms with Crippen molar-refractivity contribution in [1.29, 1.82) is 0 Å². The Morgan fingerprint density at radius 3 is 1.87 bits per heavy atom. The third-order valence-electron chi connectivity index (χ3n) is 3.97. The zero-order valence-electron chi connectivity index (χ0n) is 10.5. The number of hydrogen-bond acceptors (Lipinski definition) is 2. The third kappa shape index (κ3) is 3.30. The van der Waals surface area contributed by atoms with E-state index in [0.717, 1.165) is 43.8 Å². The van der Waals surface area contributed by atoms with Crippen molar-refractivity contribution < 1.29 is 9.53 Å². The van der Waals surface area contributed by atoms with Crippen molar-refractivity contribution in [1.82, 2.24) is 0 Å². The topological polar surface area (TPSA) is 29.5 Å². The van der Waals surface area contributed by atoms with E-state index in [4.69, 9.17) is 4.43 Å². The van der Waals surface area contributed by atoms with Crippen molar-refractivity contribution >= 4 is 8.32 Å². The van der Waals surface area contributed by atoms with Crippen molar-refractivity contribution in [2.75, 3.05) is 0 Å². The molecule has 0 atom stereocenters. The van der Waals surface area contributed by atoms with Crippen molar-refractivity contribution in [2.24, 2.45) is 0 Å². The second kappa shape index (κ2) is 5.46. The van der Waals surface area contributed by atoms with Crippen LogP contribution in [-0.4, -0.2) is 19.2 Å². The zero-order chi connectivity index (χ0) is 11.4. The standard InChI is InChI=1S/C12H26O2Si/c1-4-15(5-2,6-3)14-12(13)10-8-7-9-11-12/h13H,4-11H2,1-3H3. The lowest BCUT2D eigenvalue weighted by atomic mass is 9.95. The molecule has 0 radical (unpaired) electrons. The second-order valence-electron chi connectivity index (χ2n) is 4.85. The molecule has 1 aliphatic rings. The summed E-state index contributed by atoms with van der Waals surface area (Å²) in [4.78, 5) is 0. The molecule has 90 valence electrons. The van der Waals surface area contributed by atoms with E-state index in [9.17, 15) is 5.11 Å². The molecule has 0 aliphatic heterocycles. The first-order valence-electron chi connectivity index (χ1n) is 6.52. The summed E-state index contributed by atoms with van der Waals surface area (Å²) in [5, 5.41) is 10.4. The quantitative estimate of drug-likeness (QED) is 0.577. The second-order valence-corrected chi connectivity index (χ2v) is 9.54. The predicted octanol–water partition coefficient (Wildman–Crippen LogP) is 3.66. The Bertz CT molecular complexity index is 176. The minimum absolute atomic E-state index is 0.771. The van der Waals surface area contributed by atoms with Gasteiger partial charge in [-0.05, 0) is 31.0 Å². The summed E-state index contributed by atoms with van der Waals surface area (Å²) >= 11 is 0. The largest absolute Gasteiger partial charge is 0.390 e. The van der Waals surface area contributed by atoms with E-state index < -0.39 is 14.1 Å².